The van der Waals surface area contributed by atoms with Crippen molar-refractivity contribution in [3.63, 3.8) is 0 Å². The second-order valence-electron chi connectivity index (χ2n) is 9.81. The molecule has 4 aromatic rings. The number of rotatable bonds is 10. The molecule has 0 unspecified atom stereocenters. The molecule has 15 heteroatoms. The van der Waals surface area contributed by atoms with Gasteiger partial charge in [-0.1, -0.05) is 35.2 Å². The SMILES string of the molecule is Cc1ccc(C)c(-n2c(CNC(=O)c3ccc(S(=O)(=O)N4CCCC4)cc3)nnc2SCC(=O)Nc2nnc(C)s2)c1. The van der Waals surface area contributed by atoms with E-state index in [0.717, 1.165) is 34.7 Å². The van der Waals surface area contributed by atoms with Crippen LogP contribution in [0.2, 0.25) is 0 Å². The molecule has 0 saturated carbocycles. The second kappa shape index (κ2) is 12.7. The highest BCUT2D eigenvalue weighted by molar-refractivity contribution is 7.99. The molecule has 220 valence electrons. The van der Waals surface area contributed by atoms with Crippen molar-refractivity contribution < 1.29 is 18.0 Å². The van der Waals surface area contributed by atoms with Crippen LogP contribution in [0.4, 0.5) is 5.13 Å². The molecular weight excluding hydrogens is 597 g/mol. The third kappa shape index (κ3) is 6.69. The lowest BCUT2D eigenvalue weighted by Crippen LogP contribution is -2.28. The van der Waals surface area contributed by atoms with Crippen molar-refractivity contribution in [3.05, 3.63) is 70.0 Å². The topological polar surface area (TPSA) is 152 Å². The number of benzene rings is 2. The molecule has 42 heavy (non-hydrogen) atoms. The van der Waals surface area contributed by atoms with Crippen LogP contribution in [-0.4, -0.2) is 68.3 Å². The molecule has 1 fully saturated rings. The van der Waals surface area contributed by atoms with Gasteiger partial charge in [-0.15, -0.1) is 20.4 Å². The Hall–Kier alpha value is -3.66. The Morgan fingerprint density at radius 1 is 0.976 bits per heavy atom. The number of nitrogens with zero attached hydrogens (tertiary/aromatic N) is 6. The predicted octanol–water partition coefficient (Wildman–Crippen LogP) is 3.49. The maximum absolute atomic E-state index is 13.0. The van der Waals surface area contributed by atoms with Crippen LogP contribution in [0, 0.1) is 20.8 Å². The smallest absolute Gasteiger partial charge is 0.251 e. The molecule has 0 bridgehead atoms. The summed E-state index contributed by atoms with van der Waals surface area (Å²) in [7, 11) is -3.56. The van der Waals surface area contributed by atoms with Gasteiger partial charge in [-0.05, 0) is 75.1 Å². The number of thioether (sulfide) groups is 1. The first-order valence-electron chi connectivity index (χ1n) is 13.2. The summed E-state index contributed by atoms with van der Waals surface area (Å²) in [4.78, 5) is 25.7. The molecule has 1 aliphatic rings. The molecule has 2 N–H and O–H groups in total. The lowest BCUT2D eigenvalue weighted by Gasteiger charge is -2.16. The lowest BCUT2D eigenvalue weighted by molar-refractivity contribution is -0.113. The Kier molecular flexibility index (Phi) is 9.01. The summed E-state index contributed by atoms with van der Waals surface area (Å²) in [5.74, 6) is -0.0815. The Morgan fingerprint density at radius 2 is 1.71 bits per heavy atom. The first-order chi connectivity index (χ1) is 20.1. The highest BCUT2D eigenvalue weighted by Gasteiger charge is 2.27. The Bertz CT molecular complexity index is 1710. The first-order valence-corrected chi connectivity index (χ1v) is 16.5. The van der Waals surface area contributed by atoms with Gasteiger partial charge in [-0.2, -0.15) is 4.31 Å². The van der Waals surface area contributed by atoms with E-state index in [2.05, 4.69) is 31.0 Å². The molecule has 2 aromatic carbocycles. The molecule has 2 aromatic heterocycles. The minimum absolute atomic E-state index is 0.0594. The molecule has 2 amide bonds. The Morgan fingerprint density at radius 3 is 2.40 bits per heavy atom. The number of amides is 2. The van der Waals surface area contributed by atoms with Gasteiger partial charge in [0.25, 0.3) is 5.91 Å². The van der Waals surface area contributed by atoms with Gasteiger partial charge < -0.3 is 5.32 Å². The van der Waals surface area contributed by atoms with E-state index in [0.29, 0.717) is 34.8 Å². The zero-order chi connectivity index (χ0) is 29.9. The van der Waals surface area contributed by atoms with Crippen LogP contribution >= 0.6 is 23.1 Å². The number of carbonyl (C=O) groups is 2. The lowest BCUT2D eigenvalue weighted by atomic mass is 10.1. The van der Waals surface area contributed by atoms with E-state index in [4.69, 9.17) is 0 Å². The molecule has 0 aliphatic carbocycles. The molecule has 12 nitrogen and oxygen atoms in total. The standard InChI is InChI=1S/C27H30N8O4S3/c1-17-6-7-18(2)22(14-17)35-23(31-33-27(35)40-16-24(36)29-26-32-30-19(3)41-26)15-28-25(37)20-8-10-21(11-9-20)42(38,39)34-12-4-5-13-34/h6-11,14H,4-5,12-13,15-16H2,1-3H3,(H,28,37)(H,29,32,36). The number of nitrogens with one attached hydrogen (secondary N) is 2. The molecule has 3 heterocycles. The molecule has 1 aliphatic heterocycles. The number of aryl methyl sites for hydroxylation is 3. The molecule has 5 rings (SSSR count). The Balaban J connectivity index is 1.31. The largest absolute Gasteiger partial charge is 0.345 e. The average Bonchev–Trinajstić information content (AvgIpc) is 3.74. The fourth-order valence-corrected chi connectivity index (χ4v) is 7.35. The second-order valence-corrected chi connectivity index (χ2v) is 13.9. The van der Waals surface area contributed by atoms with Crippen molar-refractivity contribution in [2.75, 3.05) is 24.2 Å². The van der Waals surface area contributed by atoms with Gasteiger partial charge in [0.2, 0.25) is 21.1 Å². The van der Waals surface area contributed by atoms with E-state index in [1.807, 2.05) is 43.5 Å². The monoisotopic (exact) mass is 626 g/mol. The minimum atomic E-state index is -3.56. The van der Waals surface area contributed by atoms with Crippen LogP contribution in [0.5, 0.6) is 0 Å². The number of anilines is 1. The zero-order valence-corrected chi connectivity index (χ0v) is 25.8. The zero-order valence-electron chi connectivity index (χ0n) is 23.3. The number of carbonyl (C=O) groups excluding carboxylic acids is 2. The normalized spacial score (nSPS) is 13.8. The van der Waals surface area contributed by atoms with E-state index in [1.54, 1.807) is 0 Å². The average molecular weight is 627 g/mol. The molecule has 0 atom stereocenters. The van der Waals surface area contributed by atoms with E-state index in [-0.39, 0.29) is 29.0 Å². The number of sulfonamides is 1. The summed E-state index contributed by atoms with van der Waals surface area (Å²) in [6.45, 7) is 6.84. The number of hydrogen-bond acceptors (Lipinski definition) is 10. The van der Waals surface area contributed by atoms with Gasteiger partial charge in [0.05, 0.1) is 22.9 Å². The van der Waals surface area contributed by atoms with E-state index < -0.39 is 10.0 Å². The van der Waals surface area contributed by atoms with Gasteiger partial charge in [0.15, 0.2) is 11.0 Å². The summed E-state index contributed by atoms with van der Waals surface area (Å²) in [6, 6.07) is 11.9. The fourth-order valence-electron chi connectivity index (χ4n) is 4.46. The summed E-state index contributed by atoms with van der Waals surface area (Å²) in [5, 5.41) is 23.8. The van der Waals surface area contributed by atoms with Gasteiger partial charge in [0.1, 0.15) is 5.01 Å². The predicted molar refractivity (Wildman–Crippen MR) is 160 cm³/mol. The summed E-state index contributed by atoms with van der Waals surface area (Å²) >= 11 is 2.51. The fraction of sp³-hybridized carbons (Fsp3) is 0.333. The van der Waals surface area contributed by atoms with Crippen LogP contribution in [0.3, 0.4) is 0 Å². The third-order valence-corrected chi connectivity index (χ3v) is 10.2. The van der Waals surface area contributed by atoms with Crippen molar-refractivity contribution in [2.24, 2.45) is 0 Å². The van der Waals surface area contributed by atoms with Gasteiger partial charge in [0, 0.05) is 18.7 Å². The Labute approximate surface area is 252 Å². The van der Waals surface area contributed by atoms with Crippen molar-refractivity contribution >= 4 is 50.1 Å². The van der Waals surface area contributed by atoms with Crippen molar-refractivity contribution in [3.8, 4) is 5.69 Å². The van der Waals surface area contributed by atoms with Crippen LogP contribution in [0.25, 0.3) is 5.69 Å². The molecule has 0 spiro atoms. The van der Waals surface area contributed by atoms with Crippen molar-refractivity contribution in [1.82, 2.24) is 34.6 Å². The van der Waals surface area contributed by atoms with Gasteiger partial charge in [-0.3, -0.25) is 19.5 Å². The summed E-state index contributed by atoms with van der Waals surface area (Å²) in [6.07, 6.45) is 1.70. The summed E-state index contributed by atoms with van der Waals surface area (Å²) in [5.41, 5.74) is 3.16. The summed E-state index contributed by atoms with van der Waals surface area (Å²) < 4.78 is 28.9. The minimum Gasteiger partial charge on any atom is -0.345 e. The van der Waals surface area contributed by atoms with Gasteiger partial charge in [-0.25, -0.2) is 8.42 Å². The van der Waals surface area contributed by atoms with Crippen molar-refractivity contribution in [1.29, 1.82) is 0 Å². The molecule has 0 radical (unpaired) electrons. The quantitative estimate of drug-likeness (QED) is 0.252. The maximum Gasteiger partial charge on any atom is 0.251 e. The number of hydrogen-bond donors (Lipinski definition) is 2. The molecular formula is C27H30N8O4S3. The van der Waals surface area contributed by atoms with Crippen LogP contribution in [-0.2, 0) is 21.4 Å². The van der Waals surface area contributed by atoms with Crippen LogP contribution in [0.15, 0.2) is 52.5 Å². The third-order valence-electron chi connectivity index (χ3n) is 6.64. The van der Waals surface area contributed by atoms with Crippen LogP contribution < -0.4 is 10.6 Å². The molecule has 1 saturated heterocycles. The van der Waals surface area contributed by atoms with Crippen LogP contribution in [0.1, 0.15) is 45.2 Å². The van der Waals surface area contributed by atoms with E-state index in [9.17, 15) is 18.0 Å². The van der Waals surface area contributed by atoms with E-state index >= 15 is 0 Å². The highest BCUT2D eigenvalue weighted by atomic mass is 32.2. The number of aromatic nitrogens is 5. The van der Waals surface area contributed by atoms with Gasteiger partial charge >= 0.3 is 0 Å². The highest BCUT2D eigenvalue weighted by Crippen LogP contribution is 2.26. The maximum atomic E-state index is 13.0. The van der Waals surface area contributed by atoms with E-state index in [1.165, 1.54) is 51.7 Å². The van der Waals surface area contributed by atoms with Crippen molar-refractivity contribution in [2.45, 2.75) is 50.2 Å². The first kappa shape index (κ1) is 29.8.